The van der Waals surface area contributed by atoms with Gasteiger partial charge in [0.1, 0.15) is 0 Å². The van der Waals surface area contributed by atoms with Gasteiger partial charge in [-0.3, -0.25) is 9.52 Å². The number of amides is 1. The number of anilines is 1. The van der Waals surface area contributed by atoms with Gasteiger partial charge in [-0.2, -0.15) is 0 Å². The van der Waals surface area contributed by atoms with Crippen molar-refractivity contribution in [1.82, 2.24) is 5.32 Å². The molecule has 0 aliphatic carbocycles. The minimum atomic E-state index is -3.88. The molecule has 1 heterocycles. The average molecular weight is 397 g/mol. The van der Waals surface area contributed by atoms with Crippen LogP contribution in [0.3, 0.4) is 0 Å². The highest BCUT2D eigenvalue weighted by Crippen LogP contribution is 2.38. The van der Waals surface area contributed by atoms with Gasteiger partial charge in [0.15, 0.2) is 11.5 Å². The first-order chi connectivity index (χ1) is 12.4. The van der Waals surface area contributed by atoms with E-state index in [9.17, 15) is 13.2 Å². The van der Waals surface area contributed by atoms with E-state index in [1.54, 1.807) is 0 Å². The summed E-state index contributed by atoms with van der Waals surface area (Å²) in [6.07, 6.45) is 0.727. The molecule has 0 atom stereocenters. The highest BCUT2D eigenvalue weighted by atomic mass is 35.5. The van der Waals surface area contributed by atoms with Crippen molar-refractivity contribution in [3.8, 4) is 11.5 Å². The maximum atomic E-state index is 12.6. The molecule has 2 N–H and O–H groups in total. The molecule has 138 valence electrons. The van der Waals surface area contributed by atoms with Crippen LogP contribution in [0.15, 0.2) is 41.3 Å². The lowest BCUT2D eigenvalue weighted by atomic mass is 10.2. The predicted octanol–water partition coefficient (Wildman–Crippen LogP) is 2.66. The monoisotopic (exact) mass is 396 g/mol. The van der Waals surface area contributed by atoms with Crippen molar-refractivity contribution in [3.63, 3.8) is 0 Å². The van der Waals surface area contributed by atoms with E-state index in [0.29, 0.717) is 30.3 Å². The molecule has 0 fully saturated rings. The fourth-order valence-corrected chi connectivity index (χ4v) is 3.72. The average Bonchev–Trinajstić information content (AvgIpc) is 2.86. The van der Waals surface area contributed by atoms with Gasteiger partial charge in [-0.25, -0.2) is 8.42 Å². The second-order valence-corrected chi connectivity index (χ2v) is 7.63. The van der Waals surface area contributed by atoms with Crippen molar-refractivity contribution in [3.05, 3.63) is 47.0 Å². The van der Waals surface area contributed by atoms with Gasteiger partial charge in [0.2, 0.25) is 0 Å². The Hall–Kier alpha value is -2.45. The SMILES string of the molecule is CNC(=O)c1ccc(S(=O)(=O)Nc2cc3c(cc2Cl)OCCCO3)cc1. The van der Waals surface area contributed by atoms with Crippen molar-refractivity contribution in [1.29, 1.82) is 0 Å². The molecule has 2 aromatic carbocycles. The van der Waals surface area contributed by atoms with E-state index in [-0.39, 0.29) is 21.5 Å². The highest BCUT2D eigenvalue weighted by Gasteiger charge is 2.20. The van der Waals surface area contributed by atoms with Crippen LogP contribution in [0.4, 0.5) is 5.69 Å². The number of ether oxygens (including phenoxy) is 2. The van der Waals surface area contributed by atoms with Crippen molar-refractivity contribution in [2.75, 3.05) is 25.0 Å². The first-order valence-corrected chi connectivity index (χ1v) is 9.71. The van der Waals surface area contributed by atoms with Gasteiger partial charge in [-0.15, -0.1) is 0 Å². The van der Waals surface area contributed by atoms with Crippen LogP contribution in [-0.4, -0.2) is 34.6 Å². The van der Waals surface area contributed by atoms with E-state index in [1.165, 1.54) is 43.4 Å². The summed E-state index contributed by atoms with van der Waals surface area (Å²) in [6.45, 7) is 0.980. The second-order valence-electron chi connectivity index (χ2n) is 5.54. The maximum absolute atomic E-state index is 12.6. The number of hydrogen-bond acceptors (Lipinski definition) is 5. The van der Waals surface area contributed by atoms with E-state index in [0.717, 1.165) is 6.42 Å². The van der Waals surface area contributed by atoms with Crippen LogP contribution in [0.25, 0.3) is 0 Å². The van der Waals surface area contributed by atoms with Gasteiger partial charge in [0, 0.05) is 31.2 Å². The lowest BCUT2D eigenvalue weighted by molar-refractivity contribution is 0.0963. The Morgan fingerprint density at radius 3 is 2.31 bits per heavy atom. The number of benzene rings is 2. The molecule has 1 aliphatic rings. The molecular formula is C17H17ClN2O5S. The number of rotatable bonds is 4. The number of carbonyl (C=O) groups is 1. The molecule has 1 amide bonds. The van der Waals surface area contributed by atoms with E-state index in [4.69, 9.17) is 21.1 Å². The van der Waals surface area contributed by atoms with Gasteiger partial charge in [0.05, 0.1) is 28.8 Å². The van der Waals surface area contributed by atoms with Crippen molar-refractivity contribution in [2.45, 2.75) is 11.3 Å². The first kappa shape index (κ1) is 18.3. The zero-order chi connectivity index (χ0) is 18.7. The Morgan fingerprint density at radius 1 is 1.08 bits per heavy atom. The summed E-state index contributed by atoms with van der Waals surface area (Å²) in [5.74, 6) is 0.609. The fraction of sp³-hybridized carbons (Fsp3) is 0.235. The highest BCUT2D eigenvalue weighted by molar-refractivity contribution is 7.92. The molecule has 9 heteroatoms. The minimum Gasteiger partial charge on any atom is -0.490 e. The van der Waals surface area contributed by atoms with Crippen molar-refractivity contribution >= 4 is 33.2 Å². The molecule has 0 spiro atoms. The second kappa shape index (κ2) is 7.43. The normalized spacial score (nSPS) is 13.6. The topological polar surface area (TPSA) is 93.7 Å². The van der Waals surface area contributed by atoms with Gasteiger partial charge in [-0.1, -0.05) is 11.6 Å². The van der Waals surface area contributed by atoms with Crippen LogP contribution in [0.1, 0.15) is 16.8 Å². The third-order valence-electron chi connectivity index (χ3n) is 3.74. The van der Waals surface area contributed by atoms with Crippen LogP contribution in [0.5, 0.6) is 11.5 Å². The van der Waals surface area contributed by atoms with Crippen LogP contribution in [0, 0.1) is 0 Å². The summed E-state index contributed by atoms with van der Waals surface area (Å²) in [5.41, 5.74) is 0.548. The minimum absolute atomic E-state index is 0.00771. The van der Waals surface area contributed by atoms with Crippen LogP contribution in [0.2, 0.25) is 5.02 Å². The quantitative estimate of drug-likeness (QED) is 0.828. The van der Waals surface area contributed by atoms with Gasteiger partial charge in [-0.05, 0) is 24.3 Å². The third kappa shape index (κ3) is 3.86. The summed E-state index contributed by atoms with van der Waals surface area (Å²) < 4.78 is 38.7. The van der Waals surface area contributed by atoms with Crippen molar-refractivity contribution < 1.29 is 22.7 Å². The van der Waals surface area contributed by atoms with Crippen LogP contribution in [-0.2, 0) is 10.0 Å². The number of hydrogen-bond donors (Lipinski definition) is 2. The molecule has 2 aromatic rings. The Labute approximate surface area is 156 Å². The molecular weight excluding hydrogens is 380 g/mol. The van der Waals surface area contributed by atoms with E-state index in [1.807, 2.05) is 0 Å². The molecule has 0 unspecified atom stereocenters. The Kier molecular flexibility index (Phi) is 5.24. The molecule has 0 saturated carbocycles. The maximum Gasteiger partial charge on any atom is 0.261 e. The van der Waals surface area contributed by atoms with Gasteiger partial charge >= 0.3 is 0 Å². The van der Waals surface area contributed by atoms with Crippen LogP contribution >= 0.6 is 11.6 Å². The Morgan fingerprint density at radius 2 is 1.69 bits per heavy atom. The number of halogens is 1. The number of carbonyl (C=O) groups excluding carboxylic acids is 1. The fourth-order valence-electron chi connectivity index (χ4n) is 2.40. The smallest absolute Gasteiger partial charge is 0.261 e. The number of fused-ring (bicyclic) bond motifs is 1. The zero-order valence-corrected chi connectivity index (χ0v) is 15.5. The molecule has 7 nitrogen and oxygen atoms in total. The lowest BCUT2D eigenvalue weighted by Crippen LogP contribution is -2.18. The first-order valence-electron chi connectivity index (χ1n) is 7.85. The van der Waals surface area contributed by atoms with Gasteiger partial charge in [0.25, 0.3) is 15.9 Å². The van der Waals surface area contributed by atoms with Crippen molar-refractivity contribution in [2.24, 2.45) is 0 Å². The molecule has 3 rings (SSSR count). The standard InChI is InChI=1S/C17H17ClN2O5S/c1-19-17(21)11-3-5-12(6-4-11)26(22,23)20-14-10-16-15(9-13(14)18)24-7-2-8-25-16/h3-6,9-10,20H,2,7-8H2,1H3,(H,19,21). The Balaban J connectivity index is 1.87. The molecule has 0 bridgehead atoms. The molecule has 0 saturated heterocycles. The van der Waals surface area contributed by atoms with Crippen LogP contribution < -0.4 is 19.5 Å². The largest absolute Gasteiger partial charge is 0.490 e. The summed E-state index contributed by atoms with van der Waals surface area (Å²) in [7, 11) is -2.38. The van der Waals surface area contributed by atoms with Gasteiger partial charge < -0.3 is 14.8 Å². The van der Waals surface area contributed by atoms with E-state index < -0.39 is 10.0 Å². The molecule has 26 heavy (non-hydrogen) atoms. The Bertz CT molecular complexity index is 929. The summed E-state index contributed by atoms with van der Waals surface area (Å²) in [5, 5.41) is 2.67. The number of nitrogens with one attached hydrogen (secondary N) is 2. The van der Waals surface area contributed by atoms with E-state index in [2.05, 4.69) is 10.0 Å². The molecule has 1 aliphatic heterocycles. The lowest BCUT2D eigenvalue weighted by Gasteiger charge is -2.13. The molecule has 0 aromatic heterocycles. The summed E-state index contributed by atoms with van der Waals surface area (Å²) in [6, 6.07) is 8.59. The third-order valence-corrected chi connectivity index (χ3v) is 5.43. The zero-order valence-electron chi connectivity index (χ0n) is 13.9. The van der Waals surface area contributed by atoms with E-state index >= 15 is 0 Å². The summed E-state index contributed by atoms with van der Waals surface area (Å²) in [4.78, 5) is 11.6. The summed E-state index contributed by atoms with van der Waals surface area (Å²) >= 11 is 6.18. The molecule has 0 radical (unpaired) electrons. The number of sulfonamides is 1. The predicted molar refractivity (Wildman–Crippen MR) is 97.7 cm³/mol.